The van der Waals surface area contributed by atoms with E-state index < -0.39 is 0 Å². The van der Waals surface area contributed by atoms with Crippen molar-refractivity contribution in [1.29, 1.82) is 0 Å². The normalized spacial score (nSPS) is 15.4. The molecule has 80 valence electrons. The summed E-state index contributed by atoms with van der Waals surface area (Å²) in [4.78, 5) is 4.29. The van der Waals surface area contributed by atoms with E-state index in [0.717, 1.165) is 17.1 Å². The molecule has 3 heteroatoms. The molecule has 1 aromatic heterocycles. The smallest absolute Gasteiger partial charge is 0.0970 e. The van der Waals surface area contributed by atoms with Crippen molar-refractivity contribution in [1.82, 2.24) is 4.98 Å². The summed E-state index contributed by atoms with van der Waals surface area (Å²) >= 11 is 1.60. The van der Waals surface area contributed by atoms with Crippen LogP contribution in [0.15, 0.2) is 5.38 Å². The second kappa shape index (κ2) is 5.47. The number of aliphatic hydroxyl groups excluding tert-OH is 1. The Labute approximate surface area is 90.0 Å². The van der Waals surface area contributed by atoms with Crippen molar-refractivity contribution in [3.8, 4) is 0 Å². The Kier molecular flexibility index (Phi) is 4.55. The standard InChI is InChI=1S/C11H19NOS/c1-4-5-8(2)6-11(13)10-7-14-9(3)12-10/h7-8,11,13H,4-6H2,1-3H3. The number of aryl methyl sites for hydroxylation is 1. The third-order valence-corrected chi connectivity index (χ3v) is 3.18. The first kappa shape index (κ1) is 11.7. The van der Waals surface area contributed by atoms with Gasteiger partial charge in [-0.2, -0.15) is 0 Å². The van der Waals surface area contributed by atoms with Crippen molar-refractivity contribution in [2.75, 3.05) is 0 Å². The van der Waals surface area contributed by atoms with Gasteiger partial charge in [-0.3, -0.25) is 0 Å². The van der Waals surface area contributed by atoms with Crippen LogP contribution in [0.2, 0.25) is 0 Å². The highest BCUT2D eigenvalue weighted by Crippen LogP contribution is 2.24. The topological polar surface area (TPSA) is 33.1 Å². The molecule has 0 aromatic carbocycles. The summed E-state index contributed by atoms with van der Waals surface area (Å²) in [6.45, 7) is 6.33. The Morgan fingerprint density at radius 3 is 2.79 bits per heavy atom. The zero-order valence-electron chi connectivity index (χ0n) is 9.16. The minimum absolute atomic E-state index is 0.374. The zero-order chi connectivity index (χ0) is 10.6. The van der Waals surface area contributed by atoms with Crippen LogP contribution >= 0.6 is 11.3 Å². The molecule has 0 aliphatic rings. The van der Waals surface area contributed by atoms with E-state index >= 15 is 0 Å². The number of nitrogens with zero attached hydrogens (tertiary/aromatic N) is 1. The molecule has 0 aliphatic heterocycles. The molecule has 0 bridgehead atoms. The van der Waals surface area contributed by atoms with Gasteiger partial charge < -0.3 is 5.11 Å². The van der Waals surface area contributed by atoms with Crippen molar-refractivity contribution in [3.05, 3.63) is 16.1 Å². The van der Waals surface area contributed by atoms with Crippen LogP contribution in [0.1, 0.15) is 49.9 Å². The second-order valence-electron chi connectivity index (χ2n) is 3.94. The quantitative estimate of drug-likeness (QED) is 0.814. The Bertz CT molecular complexity index is 272. The average molecular weight is 213 g/mol. The lowest BCUT2D eigenvalue weighted by Gasteiger charge is -2.13. The molecule has 0 saturated heterocycles. The van der Waals surface area contributed by atoms with Gasteiger partial charge in [-0.1, -0.05) is 26.7 Å². The molecule has 14 heavy (non-hydrogen) atoms. The van der Waals surface area contributed by atoms with E-state index in [1.165, 1.54) is 12.8 Å². The van der Waals surface area contributed by atoms with Crippen LogP contribution in [0, 0.1) is 12.8 Å². The van der Waals surface area contributed by atoms with E-state index in [9.17, 15) is 5.11 Å². The van der Waals surface area contributed by atoms with Gasteiger partial charge in [0.25, 0.3) is 0 Å². The maximum absolute atomic E-state index is 9.88. The van der Waals surface area contributed by atoms with Crippen molar-refractivity contribution < 1.29 is 5.11 Å². The number of rotatable bonds is 5. The third kappa shape index (κ3) is 3.39. The number of aromatic nitrogens is 1. The SMILES string of the molecule is CCCC(C)CC(O)c1csc(C)n1. The van der Waals surface area contributed by atoms with Crippen LogP contribution in [0.5, 0.6) is 0 Å². The lowest BCUT2D eigenvalue weighted by Crippen LogP contribution is -2.04. The third-order valence-electron chi connectivity index (χ3n) is 2.39. The molecule has 0 spiro atoms. The van der Waals surface area contributed by atoms with Gasteiger partial charge in [-0.05, 0) is 19.3 Å². The van der Waals surface area contributed by atoms with Gasteiger partial charge in [-0.15, -0.1) is 11.3 Å². The predicted octanol–water partition coefficient (Wildman–Crippen LogP) is 3.31. The fraction of sp³-hybridized carbons (Fsp3) is 0.727. The second-order valence-corrected chi connectivity index (χ2v) is 5.00. The van der Waals surface area contributed by atoms with Crippen LogP contribution in [0.4, 0.5) is 0 Å². The predicted molar refractivity (Wildman–Crippen MR) is 60.5 cm³/mol. The van der Waals surface area contributed by atoms with Gasteiger partial charge in [-0.25, -0.2) is 4.98 Å². The van der Waals surface area contributed by atoms with Gasteiger partial charge in [0.15, 0.2) is 0 Å². The van der Waals surface area contributed by atoms with E-state index in [2.05, 4.69) is 18.8 Å². The Balaban J connectivity index is 2.45. The fourth-order valence-corrected chi connectivity index (χ4v) is 2.30. The first-order chi connectivity index (χ1) is 6.63. The van der Waals surface area contributed by atoms with Gasteiger partial charge in [0.05, 0.1) is 16.8 Å². The van der Waals surface area contributed by atoms with Gasteiger partial charge in [0.1, 0.15) is 0 Å². The van der Waals surface area contributed by atoms with Crippen LogP contribution in [0.3, 0.4) is 0 Å². The van der Waals surface area contributed by atoms with E-state index in [0.29, 0.717) is 5.92 Å². The molecule has 1 heterocycles. The number of thiazole rings is 1. The Morgan fingerprint density at radius 1 is 1.57 bits per heavy atom. The average Bonchev–Trinajstić information content (AvgIpc) is 2.52. The molecular formula is C11H19NOS. The van der Waals surface area contributed by atoms with Crippen LogP contribution in [0.25, 0.3) is 0 Å². The number of aliphatic hydroxyl groups is 1. The van der Waals surface area contributed by atoms with E-state index in [1.54, 1.807) is 11.3 Å². The molecule has 2 atom stereocenters. The first-order valence-corrected chi connectivity index (χ1v) is 6.11. The molecule has 0 amide bonds. The number of hydrogen-bond acceptors (Lipinski definition) is 3. The van der Waals surface area contributed by atoms with Gasteiger partial charge >= 0.3 is 0 Å². The zero-order valence-corrected chi connectivity index (χ0v) is 9.97. The summed E-state index contributed by atoms with van der Waals surface area (Å²) in [5, 5.41) is 12.9. The van der Waals surface area contributed by atoms with Crippen molar-refractivity contribution in [2.24, 2.45) is 5.92 Å². The monoisotopic (exact) mass is 213 g/mol. The molecule has 0 radical (unpaired) electrons. The van der Waals surface area contributed by atoms with E-state index in [1.807, 2.05) is 12.3 Å². The van der Waals surface area contributed by atoms with Crippen LogP contribution < -0.4 is 0 Å². The van der Waals surface area contributed by atoms with E-state index in [4.69, 9.17) is 0 Å². The highest BCUT2D eigenvalue weighted by atomic mass is 32.1. The highest BCUT2D eigenvalue weighted by Gasteiger charge is 2.14. The fourth-order valence-electron chi connectivity index (χ4n) is 1.65. The molecule has 2 unspecified atom stereocenters. The minimum Gasteiger partial charge on any atom is -0.387 e. The largest absolute Gasteiger partial charge is 0.387 e. The summed E-state index contributed by atoms with van der Waals surface area (Å²) in [6, 6.07) is 0. The molecular weight excluding hydrogens is 194 g/mol. The van der Waals surface area contributed by atoms with E-state index in [-0.39, 0.29) is 6.10 Å². The van der Waals surface area contributed by atoms with Crippen molar-refractivity contribution in [3.63, 3.8) is 0 Å². The molecule has 0 saturated carbocycles. The molecule has 0 fully saturated rings. The molecule has 0 aliphatic carbocycles. The molecule has 1 aromatic rings. The lowest BCUT2D eigenvalue weighted by atomic mass is 9.98. The number of hydrogen-bond donors (Lipinski definition) is 1. The molecule has 1 rings (SSSR count). The minimum atomic E-state index is -0.374. The van der Waals surface area contributed by atoms with Crippen molar-refractivity contribution >= 4 is 11.3 Å². The molecule has 2 nitrogen and oxygen atoms in total. The summed E-state index contributed by atoms with van der Waals surface area (Å²) in [7, 11) is 0. The van der Waals surface area contributed by atoms with Crippen LogP contribution in [-0.2, 0) is 0 Å². The summed E-state index contributed by atoms with van der Waals surface area (Å²) in [5.41, 5.74) is 0.843. The van der Waals surface area contributed by atoms with Gasteiger partial charge in [0, 0.05) is 5.38 Å². The van der Waals surface area contributed by atoms with Gasteiger partial charge in [0.2, 0.25) is 0 Å². The summed E-state index contributed by atoms with van der Waals surface area (Å²) in [5.74, 6) is 0.581. The summed E-state index contributed by atoms with van der Waals surface area (Å²) < 4.78 is 0. The first-order valence-electron chi connectivity index (χ1n) is 5.23. The maximum atomic E-state index is 9.88. The summed E-state index contributed by atoms with van der Waals surface area (Å²) in [6.07, 6.45) is 2.82. The van der Waals surface area contributed by atoms with Crippen molar-refractivity contribution in [2.45, 2.75) is 46.1 Å². The Morgan fingerprint density at radius 2 is 2.29 bits per heavy atom. The lowest BCUT2D eigenvalue weighted by molar-refractivity contribution is 0.141. The maximum Gasteiger partial charge on any atom is 0.0970 e. The molecule has 1 N–H and O–H groups in total. The Hall–Kier alpha value is -0.410. The van der Waals surface area contributed by atoms with Crippen LogP contribution in [-0.4, -0.2) is 10.1 Å². The highest BCUT2D eigenvalue weighted by molar-refractivity contribution is 7.09.